The molecule has 2 N–H and O–H groups in total. The third kappa shape index (κ3) is 4.12. The summed E-state index contributed by atoms with van der Waals surface area (Å²) in [5.74, 6) is 0.476. The lowest BCUT2D eigenvalue weighted by Crippen LogP contribution is -2.11. The molecule has 0 aliphatic heterocycles. The molecule has 25 heavy (non-hydrogen) atoms. The van der Waals surface area contributed by atoms with Crippen LogP contribution in [0.1, 0.15) is 30.9 Å². The number of primary sulfonamides is 1. The van der Waals surface area contributed by atoms with E-state index in [1.807, 2.05) is 6.20 Å². The van der Waals surface area contributed by atoms with Crippen LogP contribution in [0.3, 0.4) is 0 Å². The molecule has 0 aliphatic carbocycles. The van der Waals surface area contributed by atoms with E-state index in [2.05, 4.69) is 48.4 Å². The van der Waals surface area contributed by atoms with Gasteiger partial charge in [0.1, 0.15) is 5.69 Å². The maximum Gasteiger partial charge on any atom is 0.238 e. The Kier molecular flexibility index (Phi) is 4.69. The van der Waals surface area contributed by atoms with Crippen LogP contribution in [0, 0.1) is 0 Å². The van der Waals surface area contributed by atoms with E-state index in [-0.39, 0.29) is 4.90 Å². The van der Waals surface area contributed by atoms with Crippen LogP contribution in [-0.2, 0) is 16.6 Å². The second-order valence-corrected chi connectivity index (χ2v) is 7.83. The summed E-state index contributed by atoms with van der Waals surface area (Å²) in [6, 6.07) is 14.7. The lowest BCUT2D eigenvalue weighted by molar-refractivity contribution is 0.598. The number of nitrogens with two attached hydrogens (primary N) is 1. The van der Waals surface area contributed by atoms with Crippen LogP contribution in [0.5, 0.6) is 0 Å². The summed E-state index contributed by atoms with van der Waals surface area (Å²) in [6.07, 6.45) is 1.84. The zero-order chi connectivity index (χ0) is 18.0. The first-order valence-corrected chi connectivity index (χ1v) is 9.50. The van der Waals surface area contributed by atoms with Crippen molar-refractivity contribution in [3.8, 4) is 11.3 Å². The van der Waals surface area contributed by atoms with Crippen molar-refractivity contribution in [3.63, 3.8) is 0 Å². The highest BCUT2D eigenvalue weighted by atomic mass is 32.2. The van der Waals surface area contributed by atoms with Gasteiger partial charge in [0.25, 0.3) is 0 Å². The van der Waals surface area contributed by atoms with Crippen molar-refractivity contribution in [2.75, 3.05) is 0 Å². The van der Waals surface area contributed by atoms with E-state index in [0.717, 1.165) is 11.1 Å². The van der Waals surface area contributed by atoms with Crippen molar-refractivity contribution in [2.24, 2.45) is 5.14 Å². The van der Waals surface area contributed by atoms with Crippen molar-refractivity contribution in [1.82, 2.24) is 15.0 Å². The van der Waals surface area contributed by atoms with Crippen molar-refractivity contribution >= 4 is 10.0 Å². The molecule has 0 fully saturated rings. The summed E-state index contributed by atoms with van der Waals surface area (Å²) >= 11 is 0. The molecule has 0 unspecified atom stereocenters. The Bertz CT molecular complexity index is 976. The van der Waals surface area contributed by atoms with Crippen molar-refractivity contribution < 1.29 is 8.42 Å². The van der Waals surface area contributed by atoms with E-state index in [4.69, 9.17) is 5.14 Å². The minimum Gasteiger partial charge on any atom is -0.247 e. The van der Waals surface area contributed by atoms with Gasteiger partial charge in [-0.3, -0.25) is 0 Å². The molecule has 3 rings (SSSR count). The van der Waals surface area contributed by atoms with E-state index in [0.29, 0.717) is 18.2 Å². The van der Waals surface area contributed by atoms with Crippen molar-refractivity contribution in [2.45, 2.75) is 31.2 Å². The van der Waals surface area contributed by atoms with Crippen LogP contribution >= 0.6 is 0 Å². The maximum atomic E-state index is 11.3. The molecule has 6 nitrogen and oxygen atoms in total. The smallest absolute Gasteiger partial charge is 0.238 e. The lowest BCUT2D eigenvalue weighted by Gasteiger charge is -2.07. The van der Waals surface area contributed by atoms with Gasteiger partial charge in [-0.2, -0.15) is 0 Å². The van der Waals surface area contributed by atoms with Gasteiger partial charge in [-0.05, 0) is 29.2 Å². The molecule has 1 heterocycles. The van der Waals surface area contributed by atoms with Crippen LogP contribution < -0.4 is 5.14 Å². The summed E-state index contributed by atoms with van der Waals surface area (Å²) in [4.78, 5) is 0.0779. The first-order valence-electron chi connectivity index (χ1n) is 7.95. The van der Waals surface area contributed by atoms with Crippen LogP contribution in [0.2, 0.25) is 0 Å². The van der Waals surface area contributed by atoms with E-state index in [1.54, 1.807) is 16.8 Å². The van der Waals surface area contributed by atoms with Crippen LogP contribution in [0.4, 0.5) is 0 Å². The molecule has 0 bridgehead atoms. The predicted molar refractivity (Wildman–Crippen MR) is 96.5 cm³/mol. The van der Waals surface area contributed by atoms with E-state index < -0.39 is 10.0 Å². The van der Waals surface area contributed by atoms with E-state index in [1.165, 1.54) is 17.7 Å². The second-order valence-electron chi connectivity index (χ2n) is 6.27. The highest BCUT2D eigenvalue weighted by Crippen LogP contribution is 2.20. The minimum atomic E-state index is -3.69. The number of sulfonamides is 1. The molecule has 1 aromatic heterocycles. The summed E-state index contributed by atoms with van der Waals surface area (Å²) in [5, 5.41) is 13.4. The number of benzene rings is 2. The summed E-state index contributed by atoms with van der Waals surface area (Å²) in [6.45, 7) is 4.96. The Labute approximate surface area is 147 Å². The second kappa shape index (κ2) is 6.78. The number of hydrogen-bond donors (Lipinski definition) is 1. The largest absolute Gasteiger partial charge is 0.247 e. The van der Waals surface area contributed by atoms with Crippen LogP contribution in [-0.4, -0.2) is 23.4 Å². The van der Waals surface area contributed by atoms with Gasteiger partial charge < -0.3 is 0 Å². The molecule has 0 radical (unpaired) electrons. The number of hydrogen-bond acceptors (Lipinski definition) is 4. The average Bonchev–Trinajstić information content (AvgIpc) is 3.03. The Hall–Kier alpha value is -2.51. The van der Waals surface area contributed by atoms with Crippen LogP contribution in [0.25, 0.3) is 11.3 Å². The Morgan fingerprint density at radius 2 is 1.84 bits per heavy atom. The molecule has 0 spiro atoms. The van der Waals surface area contributed by atoms with Gasteiger partial charge >= 0.3 is 0 Å². The molecule has 0 atom stereocenters. The molecule has 7 heteroatoms. The summed E-state index contributed by atoms with van der Waals surface area (Å²) in [5.41, 5.74) is 3.92. The minimum absolute atomic E-state index is 0.0779. The van der Waals surface area contributed by atoms with E-state index in [9.17, 15) is 8.42 Å². The van der Waals surface area contributed by atoms with Gasteiger partial charge in [-0.25, -0.2) is 18.2 Å². The van der Waals surface area contributed by atoms with Crippen molar-refractivity contribution in [3.05, 3.63) is 65.9 Å². The van der Waals surface area contributed by atoms with E-state index >= 15 is 0 Å². The summed E-state index contributed by atoms with van der Waals surface area (Å²) < 4.78 is 24.4. The normalized spacial score (nSPS) is 11.8. The number of nitrogens with zero attached hydrogens (tertiary/aromatic N) is 3. The molecule has 3 aromatic rings. The summed E-state index contributed by atoms with van der Waals surface area (Å²) in [7, 11) is -3.69. The van der Waals surface area contributed by atoms with Gasteiger partial charge in [-0.15, -0.1) is 5.10 Å². The fraction of sp³-hybridized carbons (Fsp3) is 0.222. The Morgan fingerprint density at radius 1 is 1.12 bits per heavy atom. The first kappa shape index (κ1) is 17.3. The maximum absolute atomic E-state index is 11.3. The molecular formula is C18H20N4O2S. The van der Waals surface area contributed by atoms with Gasteiger partial charge in [0, 0.05) is 5.56 Å². The SMILES string of the molecule is CC(C)c1cccc(Cn2cc(-c3ccc(S(N)(=O)=O)cc3)nn2)c1. The lowest BCUT2D eigenvalue weighted by atomic mass is 10.0. The Balaban J connectivity index is 1.80. The molecule has 130 valence electrons. The molecular weight excluding hydrogens is 336 g/mol. The zero-order valence-electron chi connectivity index (χ0n) is 14.1. The Morgan fingerprint density at radius 3 is 2.48 bits per heavy atom. The zero-order valence-corrected chi connectivity index (χ0v) is 14.9. The molecule has 2 aromatic carbocycles. The monoisotopic (exact) mass is 356 g/mol. The molecule has 0 saturated carbocycles. The highest BCUT2D eigenvalue weighted by Gasteiger charge is 2.09. The molecule has 0 saturated heterocycles. The van der Waals surface area contributed by atoms with Gasteiger partial charge in [0.15, 0.2) is 0 Å². The topological polar surface area (TPSA) is 90.9 Å². The van der Waals surface area contributed by atoms with Crippen LogP contribution in [0.15, 0.2) is 59.6 Å². The van der Waals surface area contributed by atoms with Gasteiger partial charge in [0.2, 0.25) is 10.0 Å². The fourth-order valence-corrected chi connectivity index (χ4v) is 3.08. The third-order valence-corrected chi connectivity index (χ3v) is 4.91. The third-order valence-electron chi connectivity index (χ3n) is 3.98. The highest BCUT2D eigenvalue weighted by molar-refractivity contribution is 7.89. The number of rotatable bonds is 5. The predicted octanol–water partition coefficient (Wildman–Crippen LogP) is 2.76. The quantitative estimate of drug-likeness (QED) is 0.761. The van der Waals surface area contributed by atoms with Crippen molar-refractivity contribution in [1.29, 1.82) is 0 Å². The van der Waals surface area contributed by atoms with Gasteiger partial charge in [0.05, 0.1) is 17.6 Å². The molecule has 0 amide bonds. The number of aromatic nitrogens is 3. The average molecular weight is 356 g/mol. The first-order chi connectivity index (χ1) is 11.8. The standard InChI is InChI=1S/C18H20N4O2S/c1-13(2)16-5-3-4-14(10-16)11-22-12-18(20-21-22)15-6-8-17(9-7-15)25(19,23)24/h3-10,12-13H,11H2,1-2H3,(H2,19,23,24). The fourth-order valence-electron chi connectivity index (χ4n) is 2.56. The van der Waals surface area contributed by atoms with Gasteiger partial charge in [-0.1, -0.05) is 55.5 Å². The molecule has 0 aliphatic rings.